The fraction of sp³-hybridized carbons (Fsp3) is 0.893. The maximum Gasteiger partial charge on any atom is 0.155 e. The fourth-order valence-corrected chi connectivity index (χ4v) is 8.76. The second kappa shape index (κ2) is 8.38. The minimum absolute atomic E-state index is 0.232. The Kier molecular flexibility index (Phi) is 6.30. The molecule has 0 spiro atoms. The fourth-order valence-electron chi connectivity index (χ4n) is 8.76. The highest BCUT2D eigenvalue weighted by Gasteiger charge is 2.61. The van der Waals surface area contributed by atoms with Crippen LogP contribution in [0.1, 0.15) is 98.8 Å². The first-order valence-electron chi connectivity index (χ1n) is 13.0. The minimum atomic E-state index is 0.232. The average Bonchev–Trinajstić information content (AvgIpc) is 3.05. The lowest BCUT2D eigenvalue weighted by atomic mass is 9.45. The summed E-state index contributed by atoms with van der Waals surface area (Å²) in [5.41, 5.74) is 2.12. The maximum absolute atomic E-state index is 12.2. The van der Waals surface area contributed by atoms with Crippen molar-refractivity contribution in [2.75, 3.05) is 7.11 Å². The van der Waals surface area contributed by atoms with Crippen LogP contribution in [-0.4, -0.2) is 19.0 Å². The van der Waals surface area contributed by atoms with Gasteiger partial charge in [-0.2, -0.15) is 0 Å². The monoisotopic (exact) mass is 414 g/mol. The molecule has 0 saturated heterocycles. The molecule has 0 bridgehead atoms. The van der Waals surface area contributed by atoms with Crippen LogP contribution in [0.3, 0.4) is 0 Å². The highest BCUT2D eigenvalue weighted by atomic mass is 16.5. The predicted molar refractivity (Wildman–Crippen MR) is 124 cm³/mol. The van der Waals surface area contributed by atoms with Gasteiger partial charge in [0.15, 0.2) is 5.78 Å². The first kappa shape index (κ1) is 22.6. The number of ketones is 1. The van der Waals surface area contributed by atoms with Gasteiger partial charge in [-0.15, -0.1) is 0 Å². The Bertz CT molecular complexity index is 678. The maximum atomic E-state index is 12.2. The van der Waals surface area contributed by atoms with E-state index in [4.69, 9.17) is 4.74 Å². The van der Waals surface area contributed by atoms with Crippen molar-refractivity contribution >= 4 is 5.78 Å². The summed E-state index contributed by atoms with van der Waals surface area (Å²) in [7, 11) is 1.92. The Morgan fingerprint density at radius 1 is 1.07 bits per heavy atom. The summed E-state index contributed by atoms with van der Waals surface area (Å²) in [6, 6.07) is 0. The van der Waals surface area contributed by atoms with Crippen molar-refractivity contribution in [2.45, 2.75) is 105 Å². The van der Waals surface area contributed by atoms with Crippen LogP contribution in [0.15, 0.2) is 11.6 Å². The number of fused-ring (bicyclic) bond motifs is 5. The molecule has 0 heterocycles. The Morgan fingerprint density at radius 2 is 1.83 bits per heavy atom. The first-order valence-corrected chi connectivity index (χ1v) is 13.0. The molecule has 4 aliphatic rings. The van der Waals surface area contributed by atoms with E-state index in [2.05, 4.69) is 34.6 Å². The topological polar surface area (TPSA) is 26.3 Å². The Labute approximate surface area is 185 Å². The lowest BCUT2D eigenvalue weighted by Gasteiger charge is -2.60. The molecular formula is C28H46O2. The number of ether oxygens (including phenoxy) is 1. The Balaban J connectivity index is 1.56. The zero-order chi connectivity index (χ0) is 21.7. The van der Waals surface area contributed by atoms with Gasteiger partial charge in [0.05, 0.1) is 6.10 Å². The van der Waals surface area contributed by atoms with Crippen molar-refractivity contribution in [1.29, 1.82) is 0 Å². The van der Waals surface area contributed by atoms with Crippen LogP contribution >= 0.6 is 0 Å². The van der Waals surface area contributed by atoms with E-state index in [-0.39, 0.29) is 5.41 Å². The lowest BCUT2D eigenvalue weighted by molar-refractivity contribution is -0.130. The number of rotatable bonds is 6. The van der Waals surface area contributed by atoms with Gasteiger partial charge in [0, 0.05) is 13.5 Å². The smallest absolute Gasteiger partial charge is 0.155 e. The molecule has 0 radical (unpaired) electrons. The van der Waals surface area contributed by atoms with Gasteiger partial charge >= 0.3 is 0 Å². The van der Waals surface area contributed by atoms with Crippen LogP contribution in [0.5, 0.6) is 0 Å². The van der Waals surface area contributed by atoms with Crippen LogP contribution in [-0.2, 0) is 9.53 Å². The van der Waals surface area contributed by atoms with E-state index in [1.165, 1.54) is 50.5 Å². The van der Waals surface area contributed by atoms with Gasteiger partial charge in [0.2, 0.25) is 0 Å². The summed E-state index contributed by atoms with van der Waals surface area (Å²) in [4.78, 5) is 12.2. The molecule has 3 saturated carbocycles. The van der Waals surface area contributed by atoms with E-state index in [0.29, 0.717) is 29.1 Å². The molecule has 3 fully saturated rings. The van der Waals surface area contributed by atoms with Gasteiger partial charge in [0.1, 0.15) is 0 Å². The van der Waals surface area contributed by atoms with E-state index in [1.54, 1.807) is 0 Å². The molecule has 0 aromatic rings. The van der Waals surface area contributed by atoms with E-state index in [0.717, 1.165) is 42.9 Å². The van der Waals surface area contributed by atoms with Crippen molar-refractivity contribution in [3.05, 3.63) is 11.6 Å². The number of hydrogen-bond donors (Lipinski definition) is 0. The molecular weight excluding hydrogens is 368 g/mol. The molecule has 0 aliphatic heterocycles. The SMILES string of the molecule is CO[C@@H]1CC2=CC(=O)CC[C@]2(C)[C@@H]2CC[C@]3(C)[C@H](CC[C@H]3[C@H](C)CCCC(C)C)[C@H]21. The van der Waals surface area contributed by atoms with Crippen LogP contribution < -0.4 is 0 Å². The second-order valence-corrected chi connectivity index (χ2v) is 12.4. The highest BCUT2D eigenvalue weighted by molar-refractivity contribution is 5.91. The Hall–Kier alpha value is -0.630. The largest absolute Gasteiger partial charge is 0.381 e. The third kappa shape index (κ3) is 3.63. The molecule has 30 heavy (non-hydrogen) atoms. The molecule has 8 atom stereocenters. The summed E-state index contributed by atoms with van der Waals surface area (Å²) in [5, 5.41) is 0. The van der Waals surface area contributed by atoms with E-state index >= 15 is 0 Å². The lowest BCUT2D eigenvalue weighted by Crippen LogP contribution is -2.56. The summed E-state index contributed by atoms with van der Waals surface area (Å²) in [5.74, 6) is 5.07. The van der Waals surface area contributed by atoms with E-state index in [1.807, 2.05) is 13.2 Å². The molecule has 4 aliphatic carbocycles. The normalized spacial score (nSPS) is 44.3. The summed E-state index contributed by atoms with van der Waals surface area (Å²) < 4.78 is 6.18. The van der Waals surface area contributed by atoms with Crippen molar-refractivity contribution in [1.82, 2.24) is 0 Å². The molecule has 2 heteroatoms. The number of methoxy groups -OCH3 is 1. The van der Waals surface area contributed by atoms with Gasteiger partial charge in [-0.25, -0.2) is 0 Å². The zero-order valence-corrected chi connectivity index (χ0v) is 20.5. The molecule has 0 amide bonds. The minimum Gasteiger partial charge on any atom is -0.381 e. The average molecular weight is 415 g/mol. The van der Waals surface area contributed by atoms with Gasteiger partial charge in [-0.1, -0.05) is 59.5 Å². The highest BCUT2D eigenvalue weighted by Crippen LogP contribution is 2.68. The third-order valence-electron chi connectivity index (χ3n) is 10.5. The number of carbonyl (C=O) groups is 1. The van der Waals surface area contributed by atoms with Gasteiger partial charge < -0.3 is 4.74 Å². The van der Waals surface area contributed by atoms with Crippen molar-refractivity contribution in [3.63, 3.8) is 0 Å². The Morgan fingerprint density at radius 3 is 2.53 bits per heavy atom. The predicted octanol–water partition coefficient (Wildman–Crippen LogP) is 7.22. The summed E-state index contributed by atoms with van der Waals surface area (Å²) in [6.07, 6.45) is 14.8. The van der Waals surface area contributed by atoms with Crippen LogP contribution in [0, 0.1) is 46.3 Å². The van der Waals surface area contributed by atoms with Gasteiger partial charge in [0.25, 0.3) is 0 Å². The van der Waals surface area contributed by atoms with Crippen LogP contribution in [0.25, 0.3) is 0 Å². The molecule has 0 N–H and O–H groups in total. The number of hydrogen-bond acceptors (Lipinski definition) is 2. The first-order chi connectivity index (χ1) is 14.2. The van der Waals surface area contributed by atoms with Crippen molar-refractivity contribution < 1.29 is 9.53 Å². The molecule has 2 nitrogen and oxygen atoms in total. The van der Waals surface area contributed by atoms with Crippen molar-refractivity contribution in [2.24, 2.45) is 46.3 Å². The van der Waals surface area contributed by atoms with E-state index in [9.17, 15) is 4.79 Å². The summed E-state index contributed by atoms with van der Waals surface area (Å²) >= 11 is 0. The third-order valence-corrected chi connectivity index (χ3v) is 10.5. The van der Waals surface area contributed by atoms with Crippen LogP contribution in [0.2, 0.25) is 0 Å². The van der Waals surface area contributed by atoms with Gasteiger partial charge in [-0.05, 0) is 90.9 Å². The standard InChI is InChI=1S/C28H46O2/c1-18(2)8-7-9-19(3)22-10-11-23-26-24(13-15-28(22,23)5)27(4)14-12-21(29)16-20(27)17-25(26)30-6/h16,18-19,22-26H,7-15,17H2,1-6H3/t19-,22+,23-,24-,25-,26-,27+,28+/m1/s1. The van der Waals surface area contributed by atoms with Crippen molar-refractivity contribution in [3.8, 4) is 0 Å². The second-order valence-electron chi connectivity index (χ2n) is 12.4. The van der Waals surface area contributed by atoms with Gasteiger partial charge in [-0.3, -0.25) is 4.79 Å². The molecule has 4 rings (SSSR count). The molecule has 0 unspecified atom stereocenters. The quantitative estimate of drug-likeness (QED) is 0.458. The molecule has 0 aromatic carbocycles. The molecule has 0 aromatic heterocycles. The van der Waals surface area contributed by atoms with Crippen LogP contribution in [0.4, 0.5) is 0 Å². The van der Waals surface area contributed by atoms with E-state index < -0.39 is 0 Å². The zero-order valence-electron chi connectivity index (χ0n) is 20.5. The summed E-state index contributed by atoms with van der Waals surface area (Å²) in [6.45, 7) is 12.4. The molecule has 170 valence electrons. The number of carbonyl (C=O) groups excluding carboxylic acids is 1.